The van der Waals surface area contributed by atoms with Crippen LogP contribution in [0.15, 0.2) is 0 Å². The number of β-amino-alcohol motifs (C(OH)–C–C–N with tert-alkyl or cyclic N) is 1. The Balaban J connectivity index is 1.58. The van der Waals surface area contributed by atoms with Crippen molar-refractivity contribution in [2.75, 3.05) is 59.5 Å². The Labute approximate surface area is 173 Å². The zero-order valence-corrected chi connectivity index (χ0v) is 17.7. The molecule has 3 heterocycles. The number of ether oxygens (including phenoxy) is 2. The standard InChI is InChI=1S/C20H36N4O5/c1-3-6-21-20(27)24-12-15(25)13-28-14-18-17(24)5-4-16(29-18)11-19(26)23-9-7-22(2)8-10-23/h15-18,25H,3-14H2,1-2H3,(H,21,27)/t15-,16-,17+,18-/m1/s1. The number of likely N-dealkylation sites (N-methyl/N-ethyl adjacent to an activating group) is 1. The average Bonchev–Trinajstić information content (AvgIpc) is 2.70. The Hall–Kier alpha value is -1.42. The van der Waals surface area contributed by atoms with Gasteiger partial charge in [-0.25, -0.2) is 4.79 Å². The summed E-state index contributed by atoms with van der Waals surface area (Å²) in [6, 6.07) is -0.324. The highest BCUT2D eigenvalue weighted by molar-refractivity contribution is 5.77. The minimum absolute atomic E-state index is 0.140. The van der Waals surface area contributed by atoms with E-state index in [0.29, 0.717) is 26.0 Å². The summed E-state index contributed by atoms with van der Waals surface area (Å²) in [7, 11) is 2.07. The lowest BCUT2D eigenvalue weighted by molar-refractivity contribution is -0.155. The van der Waals surface area contributed by atoms with Crippen LogP contribution in [0.5, 0.6) is 0 Å². The molecule has 4 atom stereocenters. The van der Waals surface area contributed by atoms with Gasteiger partial charge in [-0.3, -0.25) is 4.79 Å². The quantitative estimate of drug-likeness (QED) is 0.669. The fourth-order valence-corrected chi connectivity index (χ4v) is 4.29. The van der Waals surface area contributed by atoms with E-state index in [1.807, 2.05) is 11.8 Å². The van der Waals surface area contributed by atoms with Crippen molar-refractivity contribution in [2.24, 2.45) is 0 Å². The van der Waals surface area contributed by atoms with Crippen molar-refractivity contribution in [2.45, 2.75) is 57.0 Å². The second-order valence-corrected chi connectivity index (χ2v) is 8.40. The van der Waals surface area contributed by atoms with Crippen molar-refractivity contribution in [1.29, 1.82) is 0 Å². The highest BCUT2D eigenvalue weighted by Gasteiger charge is 2.40. The van der Waals surface area contributed by atoms with Gasteiger partial charge in [-0.05, 0) is 26.3 Å². The fraction of sp³-hybridized carbons (Fsp3) is 0.900. The molecule has 0 bridgehead atoms. The summed E-state index contributed by atoms with van der Waals surface area (Å²) in [5.74, 6) is 0.140. The van der Waals surface area contributed by atoms with E-state index < -0.39 is 6.10 Å². The summed E-state index contributed by atoms with van der Waals surface area (Å²) >= 11 is 0. The Morgan fingerprint density at radius 1 is 1.14 bits per heavy atom. The van der Waals surface area contributed by atoms with Gasteiger partial charge < -0.3 is 34.6 Å². The first-order valence-corrected chi connectivity index (χ1v) is 10.9. The highest BCUT2D eigenvalue weighted by Crippen LogP contribution is 2.28. The lowest BCUT2D eigenvalue weighted by atomic mass is 9.94. The van der Waals surface area contributed by atoms with Gasteiger partial charge in [-0.1, -0.05) is 6.92 Å². The van der Waals surface area contributed by atoms with Crippen LogP contribution in [0.4, 0.5) is 4.79 Å². The van der Waals surface area contributed by atoms with Gasteiger partial charge in [-0.2, -0.15) is 0 Å². The number of urea groups is 1. The normalized spacial score (nSPS) is 31.6. The number of rotatable bonds is 4. The third-order valence-electron chi connectivity index (χ3n) is 6.03. The molecular weight excluding hydrogens is 376 g/mol. The second kappa shape index (κ2) is 10.6. The number of hydrogen-bond acceptors (Lipinski definition) is 6. The number of nitrogens with one attached hydrogen (secondary N) is 1. The molecule has 2 N–H and O–H groups in total. The van der Waals surface area contributed by atoms with Crippen LogP contribution >= 0.6 is 0 Å². The highest BCUT2D eigenvalue weighted by atomic mass is 16.5. The van der Waals surface area contributed by atoms with Gasteiger partial charge in [0.2, 0.25) is 5.91 Å². The number of aliphatic hydroxyl groups is 1. The minimum Gasteiger partial charge on any atom is -0.389 e. The number of amides is 3. The molecule has 29 heavy (non-hydrogen) atoms. The number of hydrogen-bond donors (Lipinski definition) is 2. The molecule has 0 aromatic rings. The Morgan fingerprint density at radius 2 is 1.90 bits per heavy atom. The minimum atomic E-state index is -0.708. The molecule has 0 aliphatic carbocycles. The number of aliphatic hydroxyl groups excluding tert-OH is 1. The topological polar surface area (TPSA) is 94.6 Å². The van der Waals surface area contributed by atoms with Gasteiger partial charge in [0.25, 0.3) is 0 Å². The molecule has 0 spiro atoms. The number of carbonyl (C=O) groups excluding carboxylic acids is 2. The molecule has 3 fully saturated rings. The molecule has 9 nitrogen and oxygen atoms in total. The average molecular weight is 413 g/mol. The van der Waals surface area contributed by atoms with E-state index in [1.165, 1.54) is 0 Å². The van der Waals surface area contributed by atoms with E-state index in [4.69, 9.17) is 9.47 Å². The molecule has 3 amide bonds. The Bertz CT molecular complexity index is 555. The van der Waals surface area contributed by atoms with Crippen LogP contribution < -0.4 is 5.32 Å². The number of fused-ring (bicyclic) bond motifs is 1. The molecule has 166 valence electrons. The monoisotopic (exact) mass is 412 g/mol. The zero-order chi connectivity index (χ0) is 20.8. The van der Waals surface area contributed by atoms with Crippen molar-refractivity contribution in [3.63, 3.8) is 0 Å². The summed E-state index contributed by atoms with van der Waals surface area (Å²) < 4.78 is 11.9. The third-order valence-corrected chi connectivity index (χ3v) is 6.03. The van der Waals surface area contributed by atoms with Crippen LogP contribution in [0, 0.1) is 0 Å². The molecule has 0 aromatic carbocycles. The molecule has 3 aliphatic rings. The summed E-state index contributed by atoms with van der Waals surface area (Å²) in [6.45, 7) is 6.66. The first kappa shape index (κ1) is 22.3. The van der Waals surface area contributed by atoms with Gasteiger partial charge in [-0.15, -0.1) is 0 Å². The number of piperazine rings is 1. The second-order valence-electron chi connectivity index (χ2n) is 8.40. The zero-order valence-electron chi connectivity index (χ0n) is 17.7. The van der Waals surface area contributed by atoms with Crippen LogP contribution in [0.2, 0.25) is 0 Å². The van der Waals surface area contributed by atoms with Crippen LogP contribution in [0.1, 0.15) is 32.6 Å². The van der Waals surface area contributed by atoms with Gasteiger partial charge in [0, 0.05) is 32.7 Å². The molecule has 0 unspecified atom stereocenters. The van der Waals surface area contributed by atoms with E-state index in [0.717, 1.165) is 39.0 Å². The largest absolute Gasteiger partial charge is 0.389 e. The molecular formula is C20H36N4O5. The van der Waals surface area contributed by atoms with Gasteiger partial charge >= 0.3 is 6.03 Å². The van der Waals surface area contributed by atoms with Crippen molar-refractivity contribution in [3.05, 3.63) is 0 Å². The molecule has 3 saturated heterocycles. The maximum atomic E-state index is 12.7. The lowest BCUT2D eigenvalue weighted by Gasteiger charge is -2.44. The van der Waals surface area contributed by atoms with Crippen molar-refractivity contribution in [3.8, 4) is 0 Å². The van der Waals surface area contributed by atoms with Crippen molar-refractivity contribution >= 4 is 11.9 Å². The summed E-state index contributed by atoms with van der Waals surface area (Å²) in [6.07, 6.45) is 1.53. The van der Waals surface area contributed by atoms with E-state index in [2.05, 4.69) is 17.3 Å². The van der Waals surface area contributed by atoms with E-state index in [1.54, 1.807) is 4.90 Å². The molecule has 9 heteroatoms. The third kappa shape index (κ3) is 6.04. The van der Waals surface area contributed by atoms with Crippen molar-refractivity contribution < 1.29 is 24.2 Å². The van der Waals surface area contributed by atoms with Gasteiger partial charge in [0.1, 0.15) is 6.10 Å². The number of carbonyl (C=O) groups is 2. The molecule has 0 radical (unpaired) electrons. The molecule has 0 saturated carbocycles. The van der Waals surface area contributed by atoms with Gasteiger partial charge in [0.05, 0.1) is 44.4 Å². The molecule has 3 aliphatic heterocycles. The first-order valence-electron chi connectivity index (χ1n) is 10.9. The number of nitrogens with zero attached hydrogens (tertiary/aromatic N) is 3. The maximum Gasteiger partial charge on any atom is 0.317 e. The van der Waals surface area contributed by atoms with Gasteiger partial charge in [0.15, 0.2) is 0 Å². The summed E-state index contributed by atoms with van der Waals surface area (Å²) in [5.41, 5.74) is 0. The predicted molar refractivity (Wildman–Crippen MR) is 108 cm³/mol. The van der Waals surface area contributed by atoms with E-state index in [-0.39, 0.29) is 43.3 Å². The Kier molecular flexibility index (Phi) is 8.11. The van der Waals surface area contributed by atoms with E-state index in [9.17, 15) is 14.7 Å². The summed E-state index contributed by atoms with van der Waals surface area (Å²) in [4.78, 5) is 31.2. The van der Waals surface area contributed by atoms with Crippen LogP contribution in [0.3, 0.4) is 0 Å². The Morgan fingerprint density at radius 3 is 2.62 bits per heavy atom. The fourth-order valence-electron chi connectivity index (χ4n) is 4.29. The van der Waals surface area contributed by atoms with Crippen LogP contribution in [-0.4, -0.2) is 116 Å². The van der Waals surface area contributed by atoms with E-state index >= 15 is 0 Å². The molecule has 0 aromatic heterocycles. The first-order chi connectivity index (χ1) is 14.0. The lowest BCUT2D eigenvalue weighted by Crippen LogP contribution is -2.59. The summed E-state index contributed by atoms with van der Waals surface area (Å²) in [5, 5.41) is 13.1. The maximum absolute atomic E-state index is 12.7. The smallest absolute Gasteiger partial charge is 0.317 e. The van der Waals surface area contributed by atoms with Crippen LogP contribution in [0.25, 0.3) is 0 Å². The molecule has 3 rings (SSSR count). The van der Waals surface area contributed by atoms with Crippen molar-refractivity contribution in [1.82, 2.24) is 20.0 Å². The predicted octanol–water partition coefficient (Wildman–Crippen LogP) is -0.121. The SMILES string of the molecule is CCCNC(=O)N1C[C@@H](O)COC[C@H]2O[C@@H](CC(=O)N3CCN(C)CC3)CC[C@@H]21. The van der Waals surface area contributed by atoms with Crippen LogP contribution in [-0.2, 0) is 14.3 Å².